The van der Waals surface area contributed by atoms with Gasteiger partial charge in [0.25, 0.3) is 0 Å². The standard InChI is InChI=1S/C58H34N4S2/c1-58(2)44-18-8-5-14-39(44)49-37(17-11-19-45(49)58)36-26-27-38-42(29-36)50-40-15-6-9-20-46(40)62(54(50)55-51(38)43-28-34-12-3-4-13-35(34)30-48(43)63-55)56-52(33-24-22-32(31-59)23-25-33)61-57-53(60-56)41-16-7-10-21-47(41)64-57/h3-30H,1-2H3. The van der Waals surface area contributed by atoms with Crippen LogP contribution < -0.4 is 0 Å². The summed E-state index contributed by atoms with van der Waals surface area (Å²) >= 11 is 3.54. The second-order valence-electron chi connectivity index (χ2n) is 17.6. The van der Waals surface area contributed by atoms with Gasteiger partial charge in [-0.1, -0.05) is 141 Å². The summed E-state index contributed by atoms with van der Waals surface area (Å²) in [6, 6.07) is 63.8. The van der Waals surface area contributed by atoms with Crippen LogP contribution in [0.25, 0.3) is 123 Å². The largest absolute Gasteiger partial charge is 0.290 e. The van der Waals surface area contributed by atoms with Crippen LogP contribution in [0.1, 0.15) is 30.5 Å². The van der Waals surface area contributed by atoms with Gasteiger partial charge in [0.1, 0.15) is 16.0 Å². The summed E-state index contributed by atoms with van der Waals surface area (Å²) in [4.78, 5) is 12.1. The highest BCUT2D eigenvalue weighted by Gasteiger charge is 2.36. The van der Waals surface area contributed by atoms with Crippen molar-refractivity contribution in [3.63, 3.8) is 0 Å². The second-order valence-corrected chi connectivity index (χ2v) is 19.7. The van der Waals surface area contributed by atoms with E-state index < -0.39 is 0 Å². The molecule has 6 heteroatoms. The third kappa shape index (κ3) is 4.80. The van der Waals surface area contributed by atoms with E-state index in [0.29, 0.717) is 5.56 Å². The molecular formula is C58H34N4S2. The van der Waals surface area contributed by atoms with Gasteiger partial charge in [-0.15, -0.1) is 22.7 Å². The first-order chi connectivity index (χ1) is 31.4. The van der Waals surface area contributed by atoms with Gasteiger partial charge in [-0.05, 0) is 97.4 Å². The fourth-order valence-electron chi connectivity index (χ4n) is 10.9. The minimum atomic E-state index is -0.105. The number of hydrogen-bond donors (Lipinski definition) is 0. The van der Waals surface area contributed by atoms with Gasteiger partial charge in [0.2, 0.25) is 0 Å². The number of para-hydroxylation sites is 1. The van der Waals surface area contributed by atoms with E-state index in [-0.39, 0.29) is 5.41 Å². The molecule has 0 amide bonds. The number of thiophene rings is 2. The summed E-state index contributed by atoms with van der Waals surface area (Å²) in [5.74, 6) is 0.770. The third-order valence-electron chi connectivity index (χ3n) is 13.8. The molecule has 9 aromatic carbocycles. The highest BCUT2D eigenvalue weighted by Crippen LogP contribution is 2.54. The zero-order valence-corrected chi connectivity index (χ0v) is 36.4. The van der Waals surface area contributed by atoms with Gasteiger partial charge in [0.05, 0.1) is 27.4 Å². The lowest BCUT2D eigenvalue weighted by molar-refractivity contribution is 0.660. The smallest absolute Gasteiger partial charge is 0.165 e. The average Bonchev–Trinajstić information content (AvgIpc) is 4.07. The molecule has 298 valence electrons. The molecule has 1 aliphatic rings. The van der Waals surface area contributed by atoms with Crippen molar-refractivity contribution < 1.29 is 0 Å². The predicted molar refractivity (Wildman–Crippen MR) is 270 cm³/mol. The van der Waals surface area contributed by atoms with Crippen LogP contribution in [0.2, 0.25) is 0 Å². The van der Waals surface area contributed by atoms with Crippen LogP contribution >= 0.6 is 22.7 Å². The molecule has 0 unspecified atom stereocenters. The fourth-order valence-corrected chi connectivity index (χ4v) is 13.2. The number of benzene rings is 9. The monoisotopic (exact) mass is 850 g/mol. The minimum absolute atomic E-state index is 0.105. The summed E-state index contributed by atoms with van der Waals surface area (Å²) < 4.78 is 6.02. The van der Waals surface area contributed by atoms with Crippen molar-refractivity contribution in [3.8, 4) is 45.4 Å². The van der Waals surface area contributed by atoms with Crippen LogP contribution in [0.5, 0.6) is 0 Å². The maximum Gasteiger partial charge on any atom is 0.165 e. The van der Waals surface area contributed by atoms with Crippen molar-refractivity contribution in [2.24, 2.45) is 0 Å². The van der Waals surface area contributed by atoms with E-state index in [9.17, 15) is 5.26 Å². The highest BCUT2D eigenvalue weighted by molar-refractivity contribution is 7.27. The molecule has 64 heavy (non-hydrogen) atoms. The molecule has 0 atom stereocenters. The van der Waals surface area contributed by atoms with E-state index in [1.807, 2.05) is 35.6 Å². The van der Waals surface area contributed by atoms with Gasteiger partial charge >= 0.3 is 0 Å². The van der Waals surface area contributed by atoms with Crippen molar-refractivity contribution in [1.29, 1.82) is 5.26 Å². The number of rotatable bonds is 3. The molecule has 4 heterocycles. The quantitative estimate of drug-likeness (QED) is 0.178. The summed E-state index contributed by atoms with van der Waals surface area (Å²) in [7, 11) is 0. The highest BCUT2D eigenvalue weighted by atomic mass is 32.1. The SMILES string of the molecule is CC1(C)c2ccccc2-c2c(-c3ccc4c(c3)c3c5ccccc5n(-c5nc6c(nc5-c5ccc(C#N)cc5)sc5ccccc56)c3c3sc5cc6ccccc6cc5c43)cccc21. The lowest BCUT2D eigenvalue weighted by atomic mass is 9.82. The van der Waals surface area contributed by atoms with E-state index >= 15 is 0 Å². The zero-order valence-electron chi connectivity index (χ0n) is 34.8. The normalized spacial score (nSPS) is 13.3. The third-order valence-corrected chi connectivity index (χ3v) is 16.0. The fraction of sp³-hybridized carbons (Fsp3) is 0.0517. The van der Waals surface area contributed by atoms with E-state index in [1.54, 1.807) is 11.3 Å². The Kier molecular flexibility index (Phi) is 7.25. The number of hydrogen-bond acceptors (Lipinski definition) is 5. The number of aromatic nitrogens is 3. The second kappa shape index (κ2) is 12.9. The summed E-state index contributed by atoms with van der Waals surface area (Å²) in [6.45, 7) is 4.71. The van der Waals surface area contributed by atoms with Crippen LogP contribution in [0.15, 0.2) is 170 Å². The van der Waals surface area contributed by atoms with Gasteiger partial charge in [-0.3, -0.25) is 4.57 Å². The molecular weight excluding hydrogens is 817 g/mol. The topological polar surface area (TPSA) is 54.5 Å². The van der Waals surface area contributed by atoms with Crippen molar-refractivity contribution >= 4 is 107 Å². The molecule has 4 aromatic heterocycles. The molecule has 4 nitrogen and oxygen atoms in total. The molecule has 0 bridgehead atoms. The van der Waals surface area contributed by atoms with Gasteiger partial charge < -0.3 is 0 Å². The van der Waals surface area contributed by atoms with Crippen molar-refractivity contribution in [2.75, 3.05) is 0 Å². The Morgan fingerprint density at radius 3 is 2.12 bits per heavy atom. The molecule has 0 aliphatic heterocycles. The van der Waals surface area contributed by atoms with Gasteiger partial charge in [-0.25, -0.2) is 9.97 Å². The Balaban J connectivity index is 1.17. The first kappa shape index (κ1) is 35.9. The van der Waals surface area contributed by atoms with Gasteiger partial charge in [-0.2, -0.15) is 5.26 Å². The summed E-state index contributed by atoms with van der Waals surface area (Å²) in [5.41, 5.74) is 13.1. The Morgan fingerprint density at radius 2 is 1.27 bits per heavy atom. The number of nitriles is 1. The molecule has 0 fully saturated rings. The van der Waals surface area contributed by atoms with E-state index in [4.69, 9.17) is 9.97 Å². The molecule has 14 rings (SSSR count). The van der Waals surface area contributed by atoms with Gasteiger partial charge in [0.15, 0.2) is 5.82 Å². The van der Waals surface area contributed by atoms with Crippen LogP contribution in [0.3, 0.4) is 0 Å². The summed E-state index contributed by atoms with van der Waals surface area (Å²) in [5, 5.41) is 20.7. The van der Waals surface area contributed by atoms with E-state index in [2.05, 4.69) is 170 Å². The maximum atomic E-state index is 9.80. The Morgan fingerprint density at radius 1 is 0.547 bits per heavy atom. The molecule has 0 radical (unpaired) electrons. The molecule has 0 spiro atoms. The molecule has 1 aliphatic carbocycles. The van der Waals surface area contributed by atoms with E-state index in [0.717, 1.165) is 53.9 Å². The van der Waals surface area contributed by atoms with Crippen LogP contribution in [0, 0.1) is 11.3 Å². The van der Waals surface area contributed by atoms with Gasteiger partial charge in [0, 0.05) is 47.3 Å². The number of nitrogens with zero attached hydrogens (tertiary/aromatic N) is 4. The van der Waals surface area contributed by atoms with Crippen LogP contribution in [-0.4, -0.2) is 14.5 Å². The Hall–Kier alpha value is -7.69. The van der Waals surface area contributed by atoms with Crippen LogP contribution in [-0.2, 0) is 5.41 Å². The maximum absolute atomic E-state index is 9.80. The predicted octanol–water partition coefficient (Wildman–Crippen LogP) is 16.1. The lowest BCUT2D eigenvalue weighted by Crippen LogP contribution is -2.14. The van der Waals surface area contributed by atoms with Crippen molar-refractivity contribution in [1.82, 2.24) is 14.5 Å². The zero-order chi connectivity index (χ0) is 42.4. The first-order valence-electron chi connectivity index (χ1n) is 21.6. The Labute approximate surface area is 375 Å². The summed E-state index contributed by atoms with van der Waals surface area (Å²) in [6.07, 6.45) is 0. The molecule has 0 saturated heterocycles. The minimum Gasteiger partial charge on any atom is -0.290 e. The Bertz CT molecular complexity index is 4230. The van der Waals surface area contributed by atoms with Crippen molar-refractivity contribution in [3.05, 3.63) is 187 Å². The lowest BCUT2D eigenvalue weighted by Gasteiger charge is -2.21. The average molecular weight is 851 g/mol. The molecule has 0 N–H and O–H groups in total. The van der Waals surface area contributed by atoms with E-state index in [1.165, 1.54) is 80.5 Å². The molecule has 13 aromatic rings. The van der Waals surface area contributed by atoms with Crippen molar-refractivity contribution in [2.45, 2.75) is 19.3 Å². The first-order valence-corrected chi connectivity index (χ1v) is 23.3. The van der Waals surface area contributed by atoms with Crippen LogP contribution in [0.4, 0.5) is 0 Å². The number of fused-ring (bicyclic) bond motifs is 17. The molecule has 0 saturated carbocycles.